The quantitative estimate of drug-likeness (QED) is 0.800. The SMILES string of the molecule is Cc1ccnc([C@@H]2CCCN2CC(N)=O)n1. The highest BCUT2D eigenvalue weighted by atomic mass is 16.1. The molecule has 0 aliphatic carbocycles. The summed E-state index contributed by atoms with van der Waals surface area (Å²) in [5.74, 6) is 0.512. The lowest BCUT2D eigenvalue weighted by atomic mass is 10.2. The van der Waals surface area contributed by atoms with Gasteiger partial charge in [0.05, 0.1) is 12.6 Å². The van der Waals surface area contributed by atoms with Crippen LogP contribution in [0.5, 0.6) is 0 Å². The fraction of sp³-hybridized carbons (Fsp3) is 0.545. The molecule has 0 spiro atoms. The van der Waals surface area contributed by atoms with Crippen molar-refractivity contribution in [2.75, 3.05) is 13.1 Å². The van der Waals surface area contributed by atoms with Gasteiger partial charge < -0.3 is 5.73 Å². The number of aromatic nitrogens is 2. The van der Waals surface area contributed by atoms with Crippen molar-refractivity contribution in [3.63, 3.8) is 0 Å². The van der Waals surface area contributed by atoms with Gasteiger partial charge in [-0.25, -0.2) is 9.97 Å². The number of hydrogen-bond acceptors (Lipinski definition) is 4. The average molecular weight is 220 g/mol. The molecule has 0 radical (unpaired) electrons. The van der Waals surface area contributed by atoms with Crippen LogP contribution in [-0.2, 0) is 4.79 Å². The number of hydrogen-bond donors (Lipinski definition) is 1. The Labute approximate surface area is 94.7 Å². The zero-order valence-electron chi connectivity index (χ0n) is 9.39. The molecule has 1 aromatic heterocycles. The Kier molecular flexibility index (Phi) is 3.14. The predicted molar refractivity (Wildman–Crippen MR) is 59.5 cm³/mol. The third-order valence-corrected chi connectivity index (χ3v) is 2.83. The second-order valence-corrected chi connectivity index (χ2v) is 4.15. The summed E-state index contributed by atoms with van der Waals surface area (Å²) in [4.78, 5) is 21.7. The van der Waals surface area contributed by atoms with E-state index in [1.54, 1.807) is 6.20 Å². The summed E-state index contributed by atoms with van der Waals surface area (Å²) in [5.41, 5.74) is 6.18. The molecule has 2 rings (SSSR count). The third kappa shape index (κ3) is 2.36. The molecule has 5 heteroatoms. The van der Waals surface area contributed by atoms with E-state index in [1.807, 2.05) is 13.0 Å². The van der Waals surface area contributed by atoms with Crippen LogP contribution >= 0.6 is 0 Å². The Bertz CT molecular complexity index is 393. The van der Waals surface area contributed by atoms with Gasteiger partial charge in [-0.2, -0.15) is 0 Å². The Hall–Kier alpha value is -1.49. The van der Waals surface area contributed by atoms with E-state index in [4.69, 9.17) is 5.73 Å². The molecule has 1 aliphatic heterocycles. The minimum absolute atomic E-state index is 0.146. The number of likely N-dealkylation sites (tertiary alicyclic amines) is 1. The number of amides is 1. The molecule has 1 aliphatic rings. The van der Waals surface area contributed by atoms with Crippen LogP contribution in [0.4, 0.5) is 0 Å². The second kappa shape index (κ2) is 4.57. The van der Waals surface area contributed by atoms with E-state index < -0.39 is 0 Å². The van der Waals surface area contributed by atoms with E-state index in [0.29, 0.717) is 6.54 Å². The maximum absolute atomic E-state index is 10.9. The van der Waals surface area contributed by atoms with E-state index in [2.05, 4.69) is 14.9 Å². The maximum atomic E-state index is 10.9. The molecule has 1 saturated heterocycles. The highest BCUT2D eigenvalue weighted by Gasteiger charge is 2.28. The van der Waals surface area contributed by atoms with Crippen molar-refractivity contribution in [1.29, 1.82) is 0 Å². The zero-order chi connectivity index (χ0) is 11.5. The van der Waals surface area contributed by atoms with Crippen molar-refractivity contribution >= 4 is 5.91 Å². The smallest absolute Gasteiger partial charge is 0.231 e. The van der Waals surface area contributed by atoms with Crippen molar-refractivity contribution in [1.82, 2.24) is 14.9 Å². The number of rotatable bonds is 3. The van der Waals surface area contributed by atoms with Crippen molar-refractivity contribution in [2.24, 2.45) is 5.73 Å². The largest absolute Gasteiger partial charge is 0.369 e. The second-order valence-electron chi connectivity index (χ2n) is 4.15. The van der Waals surface area contributed by atoms with Crippen LogP contribution in [0, 0.1) is 6.92 Å². The van der Waals surface area contributed by atoms with Crippen LogP contribution in [0.2, 0.25) is 0 Å². The standard InChI is InChI=1S/C11H16N4O/c1-8-4-5-13-11(14-8)9-3-2-6-15(9)7-10(12)16/h4-5,9H,2-3,6-7H2,1H3,(H2,12,16)/t9-/m0/s1. The van der Waals surface area contributed by atoms with E-state index >= 15 is 0 Å². The summed E-state index contributed by atoms with van der Waals surface area (Å²) < 4.78 is 0. The molecule has 1 aromatic rings. The van der Waals surface area contributed by atoms with Gasteiger partial charge in [0.2, 0.25) is 5.91 Å². The first-order valence-electron chi connectivity index (χ1n) is 5.48. The summed E-state index contributed by atoms with van der Waals surface area (Å²) in [6.07, 6.45) is 3.82. The van der Waals surface area contributed by atoms with Gasteiger partial charge in [-0.3, -0.25) is 9.69 Å². The third-order valence-electron chi connectivity index (χ3n) is 2.83. The molecule has 0 aromatic carbocycles. The van der Waals surface area contributed by atoms with E-state index in [1.165, 1.54) is 0 Å². The lowest BCUT2D eigenvalue weighted by Crippen LogP contribution is -2.34. The summed E-state index contributed by atoms with van der Waals surface area (Å²) in [6.45, 7) is 3.13. The number of aryl methyl sites for hydroxylation is 1. The number of primary amides is 1. The first-order chi connectivity index (χ1) is 7.66. The highest BCUT2D eigenvalue weighted by molar-refractivity contribution is 5.76. The van der Waals surface area contributed by atoms with Gasteiger partial charge in [0.15, 0.2) is 0 Å². The van der Waals surface area contributed by atoms with Gasteiger partial charge in [0.25, 0.3) is 0 Å². The number of carbonyl (C=O) groups excluding carboxylic acids is 1. The summed E-state index contributed by atoms with van der Waals surface area (Å²) in [5, 5.41) is 0. The molecule has 0 saturated carbocycles. The maximum Gasteiger partial charge on any atom is 0.231 e. The molecular formula is C11H16N4O. The molecule has 86 valence electrons. The highest BCUT2D eigenvalue weighted by Crippen LogP contribution is 2.28. The van der Waals surface area contributed by atoms with Crippen molar-refractivity contribution in [3.8, 4) is 0 Å². The zero-order valence-corrected chi connectivity index (χ0v) is 9.39. The Morgan fingerprint density at radius 2 is 2.50 bits per heavy atom. The lowest BCUT2D eigenvalue weighted by Gasteiger charge is -2.21. The number of carbonyl (C=O) groups is 1. The predicted octanol–water partition coefficient (Wildman–Crippen LogP) is 0.407. The average Bonchev–Trinajstić information content (AvgIpc) is 2.65. The normalized spacial score (nSPS) is 21.2. The fourth-order valence-corrected chi connectivity index (χ4v) is 2.14. The minimum atomic E-state index is -0.292. The number of nitrogens with zero attached hydrogens (tertiary/aromatic N) is 3. The minimum Gasteiger partial charge on any atom is -0.369 e. The molecule has 1 fully saturated rings. The fourth-order valence-electron chi connectivity index (χ4n) is 2.14. The molecule has 1 amide bonds. The summed E-state index contributed by atoms with van der Waals surface area (Å²) >= 11 is 0. The topological polar surface area (TPSA) is 72.1 Å². The molecular weight excluding hydrogens is 204 g/mol. The van der Waals surface area contributed by atoms with E-state index in [-0.39, 0.29) is 11.9 Å². The molecule has 5 nitrogen and oxygen atoms in total. The van der Waals surface area contributed by atoms with Crippen LogP contribution in [0.15, 0.2) is 12.3 Å². The molecule has 0 bridgehead atoms. The Morgan fingerprint density at radius 3 is 3.19 bits per heavy atom. The van der Waals surface area contributed by atoms with Gasteiger partial charge in [0, 0.05) is 11.9 Å². The summed E-state index contributed by atoms with van der Waals surface area (Å²) in [6, 6.07) is 2.02. The van der Waals surface area contributed by atoms with Crippen LogP contribution in [0.25, 0.3) is 0 Å². The van der Waals surface area contributed by atoms with Gasteiger partial charge in [-0.15, -0.1) is 0 Å². The van der Waals surface area contributed by atoms with E-state index in [0.717, 1.165) is 30.9 Å². The first-order valence-corrected chi connectivity index (χ1v) is 5.48. The molecule has 16 heavy (non-hydrogen) atoms. The van der Waals surface area contributed by atoms with Gasteiger partial charge in [0.1, 0.15) is 5.82 Å². The van der Waals surface area contributed by atoms with Crippen LogP contribution in [-0.4, -0.2) is 33.9 Å². The molecule has 2 N–H and O–H groups in total. The number of nitrogens with two attached hydrogens (primary N) is 1. The van der Waals surface area contributed by atoms with Crippen LogP contribution < -0.4 is 5.73 Å². The van der Waals surface area contributed by atoms with E-state index in [9.17, 15) is 4.79 Å². The van der Waals surface area contributed by atoms with Crippen molar-refractivity contribution < 1.29 is 4.79 Å². The lowest BCUT2D eigenvalue weighted by molar-refractivity contribution is -0.119. The summed E-state index contributed by atoms with van der Waals surface area (Å²) in [7, 11) is 0. The van der Waals surface area contributed by atoms with Crippen LogP contribution in [0.1, 0.15) is 30.4 Å². The first kappa shape index (κ1) is 11.0. The van der Waals surface area contributed by atoms with Crippen LogP contribution in [0.3, 0.4) is 0 Å². The molecule has 0 unspecified atom stereocenters. The van der Waals surface area contributed by atoms with Crippen molar-refractivity contribution in [2.45, 2.75) is 25.8 Å². The Balaban J connectivity index is 2.16. The van der Waals surface area contributed by atoms with Crippen molar-refractivity contribution in [3.05, 3.63) is 23.8 Å². The molecule has 1 atom stereocenters. The van der Waals surface area contributed by atoms with Gasteiger partial charge >= 0.3 is 0 Å². The molecule has 2 heterocycles. The van der Waals surface area contributed by atoms with Gasteiger partial charge in [-0.05, 0) is 32.4 Å². The van der Waals surface area contributed by atoms with Gasteiger partial charge in [-0.1, -0.05) is 0 Å². The monoisotopic (exact) mass is 220 g/mol. The Morgan fingerprint density at radius 1 is 1.69 bits per heavy atom.